The number of carbonyl (C=O) groups is 2. The molecule has 9 heteroatoms. The van der Waals surface area contributed by atoms with Crippen LogP contribution in [0.15, 0.2) is 24.3 Å². The molecule has 7 nitrogen and oxygen atoms in total. The normalized spacial score (nSPS) is 10.3. The molecule has 2 aromatic rings. The number of hydrogen-bond acceptors (Lipinski definition) is 3. The van der Waals surface area contributed by atoms with E-state index in [0.29, 0.717) is 17.0 Å². The van der Waals surface area contributed by atoms with Crippen molar-refractivity contribution in [1.82, 2.24) is 4.98 Å². The molecule has 0 saturated carbocycles. The fourth-order valence-corrected chi connectivity index (χ4v) is 2.08. The molecule has 0 atom stereocenters. The van der Waals surface area contributed by atoms with Crippen molar-refractivity contribution >= 4 is 29.4 Å². The minimum absolute atomic E-state index is 0.00588. The molecule has 0 radical (unpaired) electrons. The summed E-state index contributed by atoms with van der Waals surface area (Å²) in [5, 5.41) is 2.25. The maximum atomic E-state index is 13.6. The van der Waals surface area contributed by atoms with Gasteiger partial charge in [0.2, 0.25) is 0 Å². The summed E-state index contributed by atoms with van der Waals surface area (Å²) in [7, 11) is 0. The molecule has 23 heavy (non-hydrogen) atoms. The zero-order valence-electron chi connectivity index (χ0n) is 11.9. The number of nitrogens with two attached hydrogens (primary N) is 2. The van der Waals surface area contributed by atoms with E-state index in [4.69, 9.17) is 27.8 Å². The van der Waals surface area contributed by atoms with Gasteiger partial charge in [0.1, 0.15) is 24.0 Å². The van der Waals surface area contributed by atoms with Gasteiger partial charge in [0.15, 0.2) is 0 Å². The van der Waals surface area contributed by atoms with Crippen LogP contribution in [-0.4, -0.2) is 29.4 Å². The van der Waals surface area contributed by atoms with Crippen molar-refractivity contribution in [3.8, 4) is 17.0 Å². The molecule has 0 bridgehead atoms. The zero-order valence-corrected chi connectivity index (χ0v) is 12.6. The number of rotatable bonds is 6. The lowest BCUT2D eigenvalue weighted by atomic mass is 10.1. The van der Waals surface area contributed by atoms with Crippen LogP contribution in [0.25, 0.3) is 11.3 Å². The second kappa shape index (κ2) is 7.01. The number of H-pyrrole nitrogens is 1. The Morgan fingerprint density at radius 2 is 2.04 bits per heavy atom. The smallest absolute Gasteiger partial charge is 0.317 e. The Kier molecular flexibility index (Phi) is 5.07. The third-order valence-corrected chi connectivity index (χ3v) is 3.05. The van der Waals surface area contributed by atoms with E-state index in [-0.39, 0.29) is 23.9 Å². The minimum atomic E-state index is -0.876. The summed E-state index contributed by atoms with van der Waals surface area (Å²) in [6, 6.07) is 4.37. The number of primary amides is 2. The first kappa shape index (κ1) is 16.6. The molecule has 0 saturated heterocycles. The van der Waals surface area contributed by atoms with Crippen molar-refractivity contribution < 1.29 is 18.7 Å². The Balaban J connectivity index is 2.51. The number of halogens is 2. The first-order chi connectivity index (χ1) is 10.9. The molecule has 3 amide bonds. The number of anilines is 1. The lowest BCUT2D eigenvalue weighted by Gasteiger charge is -2.09. The Labute approximate surface area is 135 Å². The second-order valence-corrected chi connectivity index (χ2v) is 4.88. The van der Waals surface area contributed by atoms with Gasteiger partial charge in [-0.2, -0.15) is 0 Å². The number of nitrogens with one attached hydrogen (secondary N) is 2. The van der Waals surface area contributed by atoms with Crippen molar-refractivity contribution in [2.45, 2.75) is 0 Å². The molecule has 2 rings (SSSR count). The predicted octanol–water partition coefficient (Wildman–Crippen LogP) is 2.03. The van der Waals surface area contributed by atoms with E-state index in [0.717, 1.165) is 0 Å². The summed E-state index contributed by atoms with van der Waals surface area (Å²) in [6.45, 7) is 0.218. The zero-order chi connectivity index (χ0) is 17.0. The summed E-state index contributed by atoms with van der Waals surface area (Å²) in [5.74, 6) is -0.654. The molecule has 6 N–H and O–H groups in total. The summed E-state index contributed by atoms with van der Waals surface area (Å²) in [5.41, 5.74) is 11.0. The quantitative estimate of drug-likeness (QED) is 0.601. The SMILES string of the molecule is NC(=O)Nc1[nH]c(-c2cc(F)ccc2OCCCl)cc1C(N)=O. The molecule has 1 aromatic carbocycles. The lowest BCUT2D eigenvalue weighted by molar-refractivity contribution is 0.100. The molecule has 1 aromatic heterocycles. The standard InChI is InChI=1S/C14H14ClFN4O3/c15-3-4-23-11-2-1-7(16)5-8(11)10-6-9(12(17)21)13(19-10)20-14(18)22/h1-2,5-6,19H,3-4H2,(H2,17,21)(H3,18,20,22). The van der Waals surface area contributed by atoms with Crippen LogP contribution in [0.4, 0.5) is 15.0 Å². The summed E-state index contributed by atoms with van der Waals surface area (Å²) in [6.07, 6.45) is 0. The van der Waals surface area contributed by atoms with Gasteiger partial charge in [-0.3, -0.25) is 10.1 Å². The summed E-state index contributed by atoms with van der Waals surface area (Å²) < 4.78 is 19.0. The number of amides is 3. The molecule has 0 spiro atoms. The average Bonchev–Trinajstić information content (AvgIpc) is 2.89. The number of aromatic nitrogens is 1. The number of alkyl halides is 1. The van der Waals surface area contributed by atoms with Gasteiger partial charge in [-0.15, -0.1) is 11.6 Å². The van der Waals surface area contributed by atoms with Crippen molar-refractivity contribution in [2.75, 3.05) is 17.8 Å². The van der Waals surface area contributed by atoms with Gasteiger partial charge in [0.25, 0.3) is 5.91 Å². The van der Waals surface area contributed by atoms with E-state index < -0.39 is 17.8 Å². The lowest BCUT2D eigenvalue weighted by Crippen LogP contribution is -2.22. The van der Waals surface area contributed by atoms with Gasteiger partial charge in [-0.1, -0.05) is 0 Å². The molecule has 0 aliphatic heterocycles. The Morgan fingerprint density at radius 1 is 1.30 bits per heavy atom. The van der Waals surface area contributed by atoms with Crippen LogP contribution in [0.3, 0.4) is 0 Å². The van der Waals surface area contributed by atoms with Crippen molar-refractivity contribution in [3.63, 3.8) is 0 Å². The van der Waals surface area contributed by atoms with Crippen molar-refractivity contribution in [3.05, 3.63) is 35.6 Å². The highest BCUT2D eigenvalue weighted by Crippen LogP contribution is 2.33. The number of aromatic amines is 1. The minimum Gasteiger partial charge on any atom is -0.492 e. The molecular formula is C14H14ClFN4O3. The molecule has 0 aliphatic carbocycles. The highest BCUT2D eigenvalue weighted by molar-refractivity contribution is 6.18. The Hall–Kier alpha value is -2.74. The van der Waals surface area contributed by atoms with Crippen LogP contribution in [-0.2, 0) is 0 Å². The molecule has 1 heterocycles. The fourth-order valence-electron chi connectivity index (χ4n) is 2.00. The largest absolute Gasteiger partial charge is 0.492 e. The van der Waals surface area contributed by atoms with E-state index in [1.165, 1.54) is 24.3 Å². The molecule has 0 aliphatic rings. The molecular weight excluding hydrogens is 327 g/mol. The van der Waals surface area contributed by atoms with Crippen LogP contribution < -0.4 is 21.5 Å². The van der Waals surface area contributed by atoms with E-state index in [9.17, 15) is 14.0 Å². The van der Waals surface area contributed by atoms with Crippen LogP contribution >= 0.6 is 11.6 Å². The average molecular weight is 341 g/mol. The van der Waals surface area contributed by atoms with Gasteiger partial charge in [0, 0.05) is 5.56 Å². The molecule has 0 unspecified atom stereocenters. The summed E-state index contributed by atoms with van der Waals surface area (Å²) in [4.78, 5) is 25.2. The topological polar surface area (TPSA) is 123 Å². The van der Waals surface area contributed by atoms with E-state index in [1.54, 1.807) is 0 Å². The van der Waals surface area contributed by atoms with Crippen LogP contribution in [0, 0.1) is 5.82 Å². The van der Waals surface area contributed by atoms with Crippen LogP contribution in [0.1, 0.15) is 10.4 Å². The van der Waals surface area contributed by atoms with E-state index in [2.05, 4.69) is 10.3 Å². The van der Waals surface area contributed by atoms with Gasteiger partial charge in [-0.25, -0.2) is 9.18 Å². The predicted molar refractivity (Wildman–Crippen MR) is 84.1 cm³/mol. The highest BCUT2D eigenvalue weighted by Gasteiger charge is 2.18. The number of ether oxygens (including phenoxy) is 1. The van der Waals surface area contributed by atoms with Crippen LogP contribution in [0.5, 0.6) is 5.75 Å². The first-order valence-corrected chi connectivity index (χ1v) is 7.03. The Morgan fingerprint density at radius 3 is 2.65 bits per heavy atom. The molecule has 122 valence electrons. The monoisotopic (exact) mass is 340 g/mol. The first-order valence-electron chi connectivity index (χ1n) is 6.50. The molecule has 0 fully saturated rings. The van der Waals surface area contributed by atoms with E-state index >= 15 is 0 Å². The fraction of sp³-hybridized carbons (Fsp3) is 0.143. The van der Waals surface area contributed by atoms with Gasteiger partial charge < -0.3 is 21.2 Å². The maximum Gasteiger partial charge on any atom is 0.317 e. The second-order valence-electron chi connectivity index (χ2n) is 4.50. The van der Waals surface area contributed by atoms with Crippen LogP contribution in [0.2, 0.25) is 0 Å². The number of hydrogen-bond donors (Lipinski definition) is 4. The number of urea groups is 1. The number of benzene rings is 1. The Bertz CT molecular complexity index is 748. The van der Waals surface area contributed by atoms with Gasteiger partial charge in [-0.05, 0) is 24.3 Å². The van der Waals surface area contributed by atoms with Crippen molar-refractivity contribution in [1.29, 1.82) is 0 Å². The van der Waals surface area contributed by atoms with Gasteiger partial charge in [0.05, 0.1) is 17.1 Å². The third-order valence-electron chi connectivity index (χ3n) is 2.90. The highest BCUT2D eigenvalue weighted by atomic mass is 35.5. The van der Waals surface area contributed by atoms with Gasteiger partial charge >= 0.3 is 6.03 Å². The van der Waals surface area contributed by atoms with Crippen molar-refractivity contribution in [2.24, 2.45) is 11.5 Å². The third kappa shape index (κ3) is 3.92. The summed E-state index contributed by atoms with van der Waals surface area (Å²) >= 11 is 5.58. The maximum absolute atomic E-state index is 13.6. The number of carbonyl (C=O) groups excluding carboxylic acids is 2. The van der Waals surface area contributed by atoms with E-state index in [1.807, 2.05) is 0 Å².